The summed E-state index contributed by atoms with van der Waals surface area (Å²) < 4.78 is 7.36. The van der Waals surface area contributed by atoms with E-state index in [2.05, 4.69) is 35.2 Å². The molecule has 0 saturated carbocycles. The molecule has 5 heteroatoms. The summed E-state index contributed by atoms with van der Waals surface area (Å²) in [5, 5.41) is 4.29. The van der Waals surface area contributed by atoms with Gasteiger partial charge in [-0.25, -0.2) is 9.66 Å². The van der Waals surface area contributed by atoms with Gasteiger partial charge in [0.05, 0.1) is 18.1 Å². The molecular formula is C19H20N4O. The number of rotatable bonds is 5. The molecule has 0 spiro atoms. The normalized spacial score (nSPS) is 11.1. The number of hydrogen-bond donors (Lipinski definition) is 1. The molecule has 0 amide bonds. The van der Waals surface area contributed by atoms with E-state index in [1.165, 1.54) is 5.56 Å². The highest BCUT2D eigenvalue weighted by molar-refractivity contribution is 5.79. The molecule has 5 nitrogen and oxygen atoms in total. The fraction of sp³-hybridized carbons (Fsp3) is 0.158. The minimum atomic E-state index is 0.377. The minimum absolute atomic E-state index is 0.377. The second kappa shape index (κ2) is 7.00. The average Bonchev–Trinajstić information content (AvgIpc) is 2.90. The molecular weight excluding hydrogens is 300 g/mol. The Morgan fingerprint density at radius 2 is 1.96 bits per heavy atom. The summed E-state index contributed by atoms with van der Waals surface area (Å²) in [5.74, 6) is 1.20. The van der Waals surface area contributed by atoms with E-state index < -0.39 is 0 Å². The predicted molar refractivity (Wildman–Crippen MR) is 96.3 cm³/mol. The summed E-state index contributed by atoms with van der Waals surface area (Å²) in [4.78, 5) is 4.10. The Kier molecular flexibility index (Phi) is 4.61. The fourth-order valence-corrected chi connectivity index (χ4v) is 2.34. The van der Waals surface area contributed by atoms with E-state index in [0.717, 1.165) is 22.6 Å². The highest BCUT2D eigenvalue weighted by atomic mass is 16.5. The summed E-state index contributed by atoms with van der Waals surface area (Å²) in [6.07, 6.45) is 3.52. The van der Waals surface area contributed by atoms with Crippen LogP contribution in [0.1, 0.15) is 22.4 Å². The van der Waals surface area contributed by atoms with Gasteiger partial charge in [0.15, 0.2) is 0 Å². The largest absolute Gasteiger partial charge is 0.489 e. The topological polar surface area (TPSA) is 65.4 Å². The van der Waals surface area contributed by atoms with Gasteiger partial charge in [0, 0.05) is 0 Å². The van der Waals surface area contributed by atoms with Gasteiger partial charge in [0.1, 0.15) is 12.4 Å². The highest BCUT2D eigenvalue weighted by Crippen LogP contribution is 2.14. The van der Waals surface area contributed by atoms with Gasteiger partial charge in [0.2, 0.25) is 5.95 Å². The van der Waals surface area contributed by atoms with Crippen LogP contribution in [0.3, 0.4) is 0 Å². The third-order valence-electron chi connectivity index (χ3n) is 3.53. The standard InChI is InChI=1S/C19H20N4O/c1-14-4-3-5-17(10-14)13-24-18-8-6-16(7-9-18)11-21-23-12-15(2)22-19(23)20/h3-12H,13H2,1-2H3,(H2,20,22). The Labute approximate surface area is 141 Å². The molecule has 3 rings (SSSR count). The summed E-state index contributed by atoms with van der Waals surface area (Å²) in [7, 11) is 0. The van der Waals surface area contributed by atoms with Crippen molar-refractivity contribution < 1.29 is 4.74 Å². The molecule has 2 N–H and O–H groups in total. The van der Waals surface area contributed by atoms with Crippen LogP contribution in [0.4, 0.5) is 5.95 Å². The SMILES string of the molecule is Cc1cccc(COc2ccc(C=Nn3cc(C)nc3N)cc2)c1. The van der Waals surface area contributed by atoms with Crippen molar-refractivity contribution in [2.24, 2.45) is 5.10 Å². The Hall–Kier alpha value is -3.08. The van der Waals surface area contributed by atoms with E-state index in [9.17, 15) is 0 Å². The number of nitrogen functional groups attached to an aromatic ring is 1. The molecule has 0 aliphatic heterocycles. The molecule has 0 aliphatic carbocycles. The monoisotopic (exact) mass is 320 g/mol. The molecule has 1 heterocycles. The van der Waals surface area contributed by atoms with Crippen LogP contribution >= 0.6 is 0 Å². The van der Waals surface area contributed by atoms with Crippen LogP contribution < -0.4 is 10.5 Å². The van der Waals surface area contributed by atoms with E-state index >= 15 is 0 Å². The maximum Gasteiger partial charge on any atom is 0.221 e. The number of nitrogens with two attached hydrogens (primary N) is 1. The smallest absolute Gasteiger partial charge is 0.221 e. The van der Waals surface area contributed by atoms with E-state index in [0.29, 0.717) is 12.6 Å². The summed E-state index contributed by atoms with van der Waals surface area (Å²) in [5.41, 5.74) is 9.94. The van der Waals surface area contributed by atoms with Crippen LogP contribution in [0.5, 0.6) is 5.75 Å². The van der Waals surface area contributed by atoms with Crippen molar-refractivity contribution in [3.63, 3.8) is 0 Å². The number of hydrogen-bond acceptors (Lipinski definition) is 4. The first kappa shape index (κ1) is 15.8. The summed E-state index contributed by atoms with van der Waals surface area (Å²) >= 11 is 0. The number of benzene rings is 2. The molecule has 24 heavy (non-hydrogen) atoms. The van der Waals surface area contributed by atoms with E-state index in [-0.39, 0.29) is 0 Å². The minimum Gasteiger partial charge on any atom is -0.489 e. The third kappa shape index (κ3) is 4.01. The fourth-order valence-electron chi connectivity index (χ4n) is 2.34. The first-order valence-electron chi connectivity index (χ1n) is 7.74. The second-order valence-electron chi connectivity index (χ2n) is 5.68. The molecule has 1 aromatic heterocycles. The van der Waals surface area contributed by atoms with Gasteiger partial charge in [-0.2, -0.15) is 5.10 Å². The lowest BCUT2D eigenvalue weighted by atomic mass is 10.1. The van der Waals surface area contributed by atoms with Crippen LogP contribution in [0.25, 0.3) is 0 Å². The molecule has 0 atom stereocenters. The van der Waals surface area contributed by atoms with Gasteiger partial charge in [-0.1, -0.05) is 29.8 Å². The van der Waals surface area contributed by atoms with Gasteiger partial charge in [0.25, 0.3) is 0 Å². The van der Waals surface area contributed by atoms with Gasteiger partial charge in [-0.3, -0.25) is 0 Å². The quantitative estimate of drug-likeness (QED) is 0.731. The zero-order valence-electron chi connectivity index (χ0n) is 13.8. The maximum atomic E-state index is 5.81. The third-order valence-corrected chi connectivity index (χ3v) is 3.53. The summed E-state index contributed by atoms with van der Waals surface area (Å²) in [6.45, 7) is 4.51. The Morgan fingerprint density at radius 3 is 2.62 bits per heavy atom. The predicted octanol–water partition coefficient (Wildman–Crippen LogP) is 3.54. The Balaban J connectivity index is 1.62. The Morgan fingerprint density at radius 1 is 1.17 bits per heavy atom. The van der Waals surface area contributed by atoms with Gasteiger partial charge >= 0.3 is 0 Å². The number of anilines is 1. The summed E-state index contributed by atoms with van der Waals surface area (Å²) in [6, 6.07) is 16.1. The number of aryl methyl sites for hydroxylation is 2. The van der Waals surface area contributed by atoms with Gasteiger partial charge in [-0.15, -0.1) is 0 Å². The van der Waals surface area contributed by atoms with E-state index in [1.807, 2.05) is 37.3 Å². The van der Waals surface area contributed by atoms with Crippen LogP contribution in [-0.2, 0) is 6.61 Å². The Bertz CT molecular complexity index is 850. The first-order chi connectivity index (χ1) is 11.6. The number of nitrogens with zero attached hydrogens (tertiary/aromatic N) is 3. The van der Waals surface area contributed by atoms with Crippen molar-refractivity contribution in [2.45, 2.75) is 20.5 Å². The lowest BCUT2D eigenvalue weighted by Crippen LogP contribution is -1.97. The van der Waals surface area contributed by atoms with Crippen LogP contribution in [-0.4, -0.2) is 15.9 Å². The molecule has 122 valence electrons. The maximum absolute atomic E-state index is 5.81. The second-order valence-corrected chi connectivity index (χ2v) is 5.68. The molecule has 0 unspecified atom stereocenters. The van der Waals surface area contributed by atoms with Crippen LogP contribution in [0.15, 0.2) is 59.8 Å². The van der Waals surface area contributed by atoms with Crippen LogP contribution in [0.2, 0.25) is 0 Å². The molecule has 2 aromatic carbocycles. The molecule has 0 fully saturated rings. The lowest BCUT2D eigenvalue weighted by Gasteiger charge is -2.07. The van der Waals surface area contributed by atoms with Crippen molar-refractivity contribution in [1.29, 1.82) is 0 Å². The number of ether oxygens (including phenoxy) is 1. The van der Waals surface area contributed by atoms with Crippen molar-refractivity contribution in [2.75, 3.05) is 5.73 Å². The molecule has 3 aromatic rings. The molecule has 0 aliphatic rings. The molecule has 0 saturated heterocycles. The van der Waals surface area contributed by atoms with Gasteiger partial charge in [-0.05, 0) is 49.2 Å². The molecule has 0 bridgehead atoms. The zero-order chi connectivity index (χ0) is 16.9. The van der Waals surface area contributed by atoms with Crippen molar-refractivity contribution in [3.05, 3.63) is 77.1 Å². The van der Waals surface area contributed by atoms with Crippen molar-refractivity contribution in [1.82, 2.24) is 9.66 Å². The van der Waals surface area contributed by atoms with Crippen molar-refractivity contribution in [3.8, 4) is 5.75 Å². The van der Waals surface area contributed by atoms with Gasteiger partial charge < -0.3 is 10.5 Å². The zero-order valence-corrected chi connectivity index (χ0v) is 13.8. The van der Waals surface area contributed by atoms with Crippen molar-refractivity contribution >= 4 is 12.2 Å². The van der Waals surface area contributed by atoms with E-state index in [1.54, 1.807) is 17.1 Å². The number of aromatic nitrogens is 2. The highest BCUT2D eigenvalue weighted by Gasteiger charge is 1.99. The number of imidazole rings is 1. The van der Waals surface area contributed by atoms with Crippen LogP contribution in [0, 0.1) is 13.8 Å². The average molecular weight is 320 g/mol. The van der Waals surface area contributed by atoms with E-state index in [4.69, 9.17) is 10.5 Å². The first-order valence-corrected chi connectivity index (χ1v) is 7.74. The lowest BCUT2D eigenvalue weighted by molar-refractivity contribution is 0.306. The molecule has 0 radical (unpaired) electrons.